The molecule has 2 aromatic carbocycles. The van der Waals surface area contributed by atoms with Crippen molar-refractivity contribution in [3.8, 4) is 5.75 Å². The van der Waals surface area contributed by atoms with Crippen molar-refractivity contribution in [3.63, 3.8) is 0 Å². The summed E-state index contributed by atoms with van der Waals surface area (Å²) in [5.74, 6) is 0.457. The second-order valence-electron chi connectivity index (χ2n) is 4.69. The lowest BCUT2D eigenvalue weighted by Gasteiger charge is -2.04. The Morgan fingerprint density at radius 1 is 1.05 bits per heavy atom. The standard InChI is InChI=1S/C16H15NO3/c1-19-13-7-4-11(5-8-13)2-3-12-6-9-15-14(10-12)17-16(18)20-15/h4-10H,2-3H2,1H3,(H,17,18). The minimum absolute atomic E-state index is 0.410. The molecule has 20 heavy (non-hydrogen) atoms. The molecule has 0 aliphatic heterocycles. The van der Waals surface area contributed by atoms with Gasteiger partial charge in [0, 0.05) is 0 Å². The number of rotatable bonds is 4. The molecule has 0 bridgehead atoms. The maximum atomic E-state index is 11.1. The highest BCUT2D eigenvalue weighted by atomic mass is 16.5. The number of methoxy groups -OCH3 is 1. The number of hydrogen-bond acceptors (Lipinski definition) is 3. The zero-order chi connectivity index (χ0) is 13.9. The van der Waals surface area contributed by atoms with E-state index in [0.29, 0.717) is 5.58 Å². The number of oxazole rings is 1. The molecule has 1 aromatic heterocycles. The van der Waals surface area contributed by atoms with Gasteiger partial charge in [0.15, 0.2) is 5.58 Å². The first-order chi connectivity index (χ1) is 9.74. The van der Waals surface area contributed by atoms with Crippen LogP contribution < -0.4 is 10.5 Å². The lowest BCUT2D eigenvalue weighted by Crippen LogP contribution is -1.93. The van der Waals surface area contributed by atoms with E-state index < -0.39 is 5.76 Å². The Hall–Kier alpha value is -2.49. The maximum absolute atomic E-state index is 11.1. The lowest BCUT2D eigenvalue weighted by atomic mass is 10.0. The summed E-state index contributed by atoms with van der Waals surface area (Å²) in [6, 6.07) is 13.8. The van der Waals surface area contributed by atoms with E-state index in [9.17, 15) is 4.79 Å². The van der Waals surface area contributed by atoms with Gasteiger partial charge in [-0.1, -0.05) is 18.2 Å². The summed E-state index contributed by atoms with van der Waals surface area (Å²) in [4.78, 5) is 13.8. The second-order valence-corrected chi connectivity index (χ2v) is 4.69. The number of aromatic amines is 1. The molecule has 3 rings (SSSR count). The van der Waals surface area contributed by atoms with Gasteiger partial charge in [-0.3, -0.25) is 4.98 Å². The van der Waals surface area contributed by atoms with Gasteiger partial charge in [0.25, 0.3) is 0 Å². The predicted octanol–water partition coefficient (Wildman–Crippen LogP) is 2.91. The van der Waals surface area contributed by atoms with Crippen LogP contribution in [-0.4, -0.2) is 12.1 Å². The van der Waals surface area contributed by atoms with Crippen molar-refractivity contribution in [2.75, 3.05) is 7.11 Å². The molecule has 3 aromatic rings. The van der Waals surface area contributed by atoms with Crippen molar-refractivity contribution in [2.45, 2.75) is 12.8 Å². The van der Waals surface area contributed by atoms with Crippen LogP contribution in [0.25, 0.3) is 11.1 Å². The monoisotopic (exact) mass is 269 g/mol. The van der Waals surface area contributed by atoms with E-state index in [1.54, 1.807) is 7.11 Å². The number of H-pyrrole nitrogens is 1. The zero-order valence-corrected chi connectivity index (χ0v) is 11.2. The minimum Gasteiger partial charge on any atom is -0.497 e. The highest BCUT2D eigenvalue weighted by Gasteiger charge is 2.02. The first kappa shape index (κ1) is 12.5. The fraction of sp³-hybridized carbons (Fsp3) is 0.188. The van der Waals surface area contributed by atoms with Crippen molar-refractivity contribution in [2.24, 2.45) is 0 Å². The fourth-order valence-electron chi connectivity index (χ4n) is 2.24. The van der Waals surface area contributed by atoms with Crippen LogP contribution in [0.2, 0.25) is 0 Å². The number of aromatic nitrogens is 1. The number of fused-ring (bicyclic) bond motifs is 1. The van der Waals surface area contributed by atoms with E-state index in [1.165, 1.54) is 11.1 Å². The van der Waals surface area contributed by atoms with Crippen LogP contribution in [0.1, 0.15) is 11.1 Å². The van der Waals surface area contributed by atoms with Gasteiger partial charge in [-0.15, -0.1) is 0 Å². The predicted molar refractivity (Wildman–Crippen MR) is 77.2 cm³/mol. The molecule has 0 amide bonds. The van der Waals surface area contributed by atoms with E-state index in [4.69, 9.17) is 9.15 Å². The van der Waals surface area contributed by atoms with Crippen LogP contribution in [0.5, 0.6) is 5.75 Å². The topological polar surface area (TPSA) is 55.2 Å². The fourth-order valence-corrected chi connectivity index (χ4v) is 2.24. The van der Waals surface area contributed by atoms with Gasteiger partial charge in [-0.05, 0) is 48.2 Å². The molecule has 0 saturated heterocycles. The molecule has 0 saturated carbocycles. The quantitative estimate of drug-likeness (QED) is 0.792. The van der Waals surface area contributed by atoms with Gasteiger partial charge in [0.2, 0.25) is 0 Å². The summed E-state index contributed by atoms with van der Waals surface area (Å²) in [5, 5.41) is 0. The van der Waals surface area contributed by atoms with Gasteiger partial charge < -0.3 is 9.15 Å². The summed E-state index contributed by atoms with van der Waals surface area (Å²) in [6.07, 6.45) is 1.85. The minimum atomic E-state index is -0.410. The Balaban J connectivity index is 1.73. The van der Waals surface area contributed by atoms with Gasteiger partial charge in [0.05, 0.1) is 12.6 Å². The van der Waals surface area contributed by atoms with Gasteiger partial charge in [-0.25, -0.2) is 4.79 Å². The number of nitrogens with one attached hydrogen (secondary N) is 1. The largest absolute Gasteiger partial charge is 0.497 e. The Bertz CT molecular complexity index is 768. The molecule has 0 unspecified atom stereocenters. The van der Waals surface area contributed by atoms with Crippen molar-refractivity contribution >= 4 is 11.1 Å². The molecule has 0 fully saturated rings. The van der Waals surface area contributed by atoms with E-state index in [0.717, 1.165) is 24.1 Å². The van der Waals surface area contributed by atoms with Crippen LogP contribution in [-0.2, 0) is 12.8 Å². The Morgan fingerprint density at radius 2 is 1.75 bits per heavy atom. The Kier molecular flexibility index (Phi) is 3.29. The van der Waals surface area contributed by atoms with Crippen LogP contribution in [0.15, 0.2) is 51.7 Å². The van der Waals surface area contributed by atoms with Crippen LogP contribution >= 0.6 is 0 Å². The highest BCUT2D eigenvalue weighted by molar-refractivity contribution is 5.72. The summed E-state index contributed by atoms with van der Waals surface area (Å²) in [5.41, 5.74) is 3.78. The van der Waals surface area contributed by atoms with Crippen LogP contribution in [0.3, 0.4) is 0 Å². The van der Waals surface area contributed by atoms with Crippen LogP contribution in [0.4, 0.5) is 0 Å². The summed E-state index contributed by atoms with van der Waals surface area (Å²) in [6.45, 7) is 0. The van der Waals surface area contributed by atoms with Crippen molar-refractivity contribution in [1.29, 1.82) is 0 Å². The number of aryl methyl sites for hydroxylation is 2. The molecule has 4 nitrogen and oxygen atoms in total. The highest BCUT2D eigenvalue weighted by Crippen LogP contribution is 2.16. The molecule has 102 valence electrons. The zero-order valence-electron chi connectivity index (χ0n) is 11.2. The third-order valence-electron chi connectivity index (χ3n) is 3.34. The molecule has 0 atom stereocenters. The molecule has 0 aliphatic rings. The third-order valence-corrected chi connectivity index (χ3v) is 3.34. The first-order valence-electron chi connectivity index (χ1n) is 6.49. The Morgan fingerprint density at radius 3 is 2.50 bits per heavy atom. The summed E-state index contributed by atoms with van der Waals surface area (Å²) < 4.78 is 10.1. The van der Waals surface area contributed by atoms with Crippen molar-refractivity contribution in [3.05, 3.63) is 64.1 Å². The average molecular weight is 269 g/mol. The number of benzene rings is 2. The van der Waals surface area contributed by atoms with Gasteiger partial charge in [0.1, 0.15) is 5.75 Å². The molecule has 0 spiro atoms. The van der Waals surface area contributed by atoms with Crippen molar-refractivity contribution in [1.82, 2.24) is 4.98 Å². The molecule has 1 heterocycles. The molecule has 0 radical (unpaired) electrons. The number of hydrogen-bond donors (Lipinski definition) is 1. The Labute approximate surface area is 116 Å². The van der Waals surface area contributed by atoms with Gasteiger partial charge >= 0.3 is 5.76 Å². The molecule has 1 N–H and O–H groups in total. The van der Waals surface area contributed by atoms with Gasteiger partial charge in [-0.2, -0.15) is 0 Å². The molecular formula is C16H15NO3. The first-order valence-corrected chi connectivity index (χ1v) is 6.49. The van der Waals surface area contributed by atoms with E-state index in [2.05, 4.69) is 17.1 Å². The number of ether oxygens (including phenoxy) is 1. The van der Waals surface area contributed by atoms with Crippen molar-refractivity contribution < 1.29 is 9.15 Å². The smallest absolute Gasteiger partial charge is 0.417 e. The van der Waals surface area contributed by atoms with E-state index in [-0.39, 0.29) is 0 Å². The molecule has 0 aliphatic carbocycles. The summed E-state index contributed by atoms with van der Waals surface area (Å²) >= 11 is 0. The summed E-state index contributed by atoms with van der Waals surface area (Å²) in [7, 11) is 1.66. The molecule has 4 heteroatoms. The SMILES string of the molecule is COc1ccc(CCc2ccc3oc(=O)[nH]c3c2)cc1. The molecular weight excluding hydrogens is 254 g/mol. The average Bonchev–Trinajstić information content (AvgIpc) is 2.85. The third kappa shape index (κ3) is 2.59. The normalized spacial score (nSPS) is 10.8. The maximum Gasteiger partial charge on any atom is 0.417 e. The van der Waals surface area contributed by atoms with Crippen LogP contribution in [0, 0.1) is 0 Å². The second kappa shape index (κ2) is 5.25. The van der Waals surface area contributed by atoms with E-state index in [1.807, 2.05) is 30.3 Å². The van der Waals surface area contributed by atoms with E-state index >= 15 is 0 Å². The lowest BCUT2D eigenvalue weighted by molar-refractivity contribution is 0.414.